The molecule has 0 bridgehead atoms. The van der Waals surface area contributed by atoms with Gasteiger partial charge in [-0.3, -0.25) is 4.79 Å². The standard InChI is InChI=1S/C15H15BrN2OS/c1-9-17-13-7-6-10(8-14(13)20-9)15(19)18-12-5-3-2-4-11(12)16/h2-5,10H,6-8H2,1H3,(H,18,19). The summed E-state index contributed by atoms with van der Waals surface area (Å²) in [7, 11) is 0. The second kappa shape index (κ2) is 5.66. The van der Waals surface area contributed by atoms with E-state index in [4.69, 9.17) is 0 Å². The van der Waals surface area contributed by atoms with Gasteiger partial charge in [0, 0.05) is 15.3 Å². The third-order valence-corrected chi connectivity index (χ3v) is 5.28. The van der Waals surface area contributed by atoms with Crippen LogP contribution in [0.1, 0.15) is 22.0 Å². The highest BCUT2D eigenvalue weighted by molar-refractivity contribution is 9.10. The molecule has 3 nitrogen and oxygen atoms in total. The second-order valence-electron chi connectivity index (χ2n) is 5.01. The molecule has 1 aliphatic carbocycles. The van der Waals surface area contributed by atoms with Gasteiger partial charge in [0.1, 0.15) is 0 Å². The molecule has 1 aromatic carbocycles. The van der Waals surface area contributed by atoms with Crippen LogP contribution in [0.2, 0.25) is 0 Å². The summed E-state index contributed by atoms with van der Waals surface area (Å²) in [5.74, 6) is 0.156. The van der Waals surface area contributed by atoms with E-state index in [9.17, 15) is 4.79 Å². The summed E-state index contributed by atoms with van der Waals surface area (Å²) in [6.45, 7) is 2.03. The maximum absolute atomic E-state index is 12.4. The van der Waals surface area contributed by atoms with Gasteiger partial charge in [-0.2, -0.15) is 0 Å². The Bertz CT molecular complexity index is 653. The Hall–Kier alpha value is -1.20. The third kappa shape index (κ3) is 2.79. The maximum atomic E-state index is 12.4. The van der Waals surface area contributed by atoms with E-state index in [1.165, 1.54) is 10.6 Å². The summed E-state index contributed by atoms with van der Waals surface area (Å²) < 4.78 is 0.915. The molecule has 1 atom stereocenters. The molecular weight excluding hydrogens is 336 g/mol. The van der Waals surface area contributed by atoms with Crippen LogP contribution in [0.5, 0.6) is 0 Å². The van der Waals surface area contributed by atoms with Crippen LogP contribution in [0, 0.1) is 12.8 Å². The van der Waals surface area contributed by atoms with Crippen molar-refractivity contribution in [2.24, 2.45) is 5.92 Å². The minimum absolute atomic E-state index is 0.0504. The SMILES string of the molecule is Cc1nc2c(s1)CC(C(=O)Nc1ccccc1Br)CC2. The molecule has 3 rings (SSSR count). The number of carbonyl (C=O) groups is 1. The third-order valence-electron chi connectivity index (χ3n) is 3.55. The molecule has 1 unspecified atom stereocenters. The van der Waals surface area contributed by atoms with Gasteiger partial charge in [0.25, 0.3) is 0 Å². The van der Waals surface area contributed by atoms with Crippen LogP contribution in [0.3, 0.4) is 0 Å². The molecule has 1 amide bonds. The van der Waals surface area contributed by atoms with Crippen LogP contribution in [-0.4, -0.2) is 10.9 Å². The predicted molar refractivity (Wildman–Crippen MR) is 85.1 cm³/mol. The number of rotatable bonds is 2. The number of aryl methyl sites for hydroxylation is 2. The zero-order chi connectivity index (χ0) is 14.1. The van der Waals surface area contributed by atoms with Gasteiger partial charge in [0.05, 0.1) is 16.4 Å². The minimum atomic E-state index is 0.0504. The highest BCUT2D eigenvalue weighted by Crippen LogP contribution is 2.31. The summed E-state index contributed by atoms with van der Waals surface area (Å²) >= 11 is 5.18. The van der Waals surface area contributed by atoms with Crippen molar-refractivity contribution in [3.8, 4) is 0 Å². The number of thiazole rings is 1. The molecule has 0 saturated carbocycles. The van der Waals surface area contributed by atoms with Gasteiger partial charge in [0.2, 0.25) is 5.91 Å². The minimum Gasteiger partial charge on any atom is -0.325 e. The molecule has 2 aromatic rings. The fourth-order valence-corrected chi connectivity index (χ4v) is 3.97. The number of carbonyl (C=O) groups excluding carboxylic acids is 1. The predicted octanol–water partition coefficient (Wildman–Crippen LogP) is 3.96. The first-order valence-corrected chi connectivity index (χ1v) is 8.25. The van der Waals surface area contributed by atoms with Crippen LogP contribution in [0.25, 0.3) is 0 Å². The second-order valence-corrected chi connectivity index (χ2v) is 7.15. The Balaban J connectivity index is 1.72. The largest absolute Gasteiger partial charge is 0.325 e. The number of hydrogen-bond acceptors (Lipinski definition) is 3. The Morgan fingerprint density at radius 2 is 2.25 bits per heavy atom. The van der Waals surface area contributed by atoms with E-state index in [0.717, 1.165) is 34.4 Å². The zero-order valence-corrected chi connectivity index (χ0v) is 13.6. The number of amides is 1. The van der Waals surface area contributed by atoms with Crippen molar-refractivity contribution in [3.63, 3.8) is 0 Å². The van der Waals surface area contributed by atoms with Gasteiger partial charge in [-0.05, 0) is 54.2 Å². The van der Waals surface area contributed by atoms with Crippen LogP contribution < -0.4 is 5.32 Å². The summed E-state index contributed by atoms with van der Waals surface area (Å²) in [6.07, 6.45) is 2.61. The average Bonchev–Trinajstić information content (AvgIpc) is 2.80. The number of fused-ring (bicyclic) bond motifs is 1. The molecule has 20 heavy (non-hydrogen) atoms. The summed E-state index contributed by atoms with van der Waals surface area (Å²) in [5, 5.41) is 4.11. The Morgan fingerprint density at radius 3 is 3.05 bits per heavy atom. The molecule has 0 saturated heterocycles. The quantitative estimate of drug-likeness (QED) is 0.890. The van der Waals surface area contributed by atoms with Crippen molar-refractivity contribution < 1.29 is 4.79 Å². The molecule has 1 aromatic heterocycles. The number of hydrogen-bond donors (Lipinski definition) is 1. The molecule has 0 aliphatic heterocycles. The summed E-state index contributed by atoms with van der Waals surface area (Å²) in [5.41, 5.74) is 2.03. The number of nitrogens with zero attached hydrogens (tertiary/aromatic N) is 1. The summed E-state index contributed by atoms with van der Waals surface area (Å²) in [4.78, 5) is 18.2. The van der Waals surface area contributed by atoms with Gasteiger partial charge >= 0.3 is 0 Å². The van der Waals surface area contributed by atoms with Gasteiger partial charge < -0.3 is 5.32 Å². The van der Waals surface area contributed by atoms with E-state index in [-0.39, 0.29) is 11.8 Å². The molecular formula is C15H15BrN2OS. The van der Waals surface area contributed by atoms with Crippen molar-refractivity contribution in [2.75, 3.05) is 5.32 Å². The van der Waals surface area contributed by atoms with E-state index < -0.39 is 0 Å². The number of anilines is 1. The first-order valence-electron chi connectivity index (χ1n) is 6.64. The Morgan fingerprint density at radius 1 is 1.45 bits per heavy atom. The van der Waals surface area contributed by atoms with Gasteiger partial charge in [0.15, 0.2) is 0 Å². The number of benzene rings is 1. The molecule has 0 fully saturated rings. The number of nitrogens with one attached hydrogen (secondary N) is 1. The van der Waals surface area contributed by atoms with Crippen molar-refractivity contribution in [1.29, 1.82) is 0 Å². The molecule has 1 N–H and O–H groups in total. The van der Waals surface area contributed by atoms with Crippen LogP contribution >= 0.6 is 27.3 Å². The number of para-hydroxylation sites is 1. The topological polar surface area (TPSA) is 42.0 Å². The lowest BCUT2D eigenvalue weighted by Gasteiger charge is -2.20. The Labute approximate surface area is 130 Å². The zero-order valence-electron chi connectivity index (χ0n) is 11.1. The van der Waals surface area contributed by atoms with E-state index in [0.29, 0.717) is 0 Å². The molecule has 0 radical (unpaired) electrons. The average molecular weight is 351 g/mol. The molecule has 1 heterocycles. The first kappa shape index (κ1) is 13.8. The number of halogens is 1. The van der Waals surface area contributed by atoms with E-state index in [2.05, 4.69) is 26.2 Å². The van der Waals surface area contributed by atoms with Gasteiger partial charge in [-0.15, -0.1) is 11.3 Å². The molecule has 1 aliphatic rings. The Kier molecular flexibility index (Phi) is 3.89. The first-order chi connectivity index (χ1) is 9.63. The van der Waals surface area contributed by atoms with Gasteiger partial charge in [-0.25, -0.2) is 4.98 Å². The van der Waals surface area contributed by atoms with Gasteiger partial charge in [-0.1, -0.05) is 12.1 Å². The monoisotopic (exact) mass is 350 g/mol. The fourth-order valence-electron chi connectivity index (χ4n) is 2.53. The van der Waals surface area contributed by atoms with E-state index in [1.54, 1.807) is 11.3 Å². The normalized spacial score (nSPS) is 17.6. The lowest BCUT2D eigenvalue weighted by atomic mass is 9.90. The van der Waals surface area contributed by atoms with Crippen molar-refractivity contribution >= 4 is 38.9 Å². The van der Waals surface area contributed by atoms with Crippen LogP contribution in [-0.2, 0) is 17.6 Å². The van der Waals surface area contributed by atoms with E-state index in [1.807, 2.05) is 31.2 Å². The van der Waals surface area contributed by atoms with E-state index >= 15 is 0 Å². The lowest BCUT2D eigenvalue weighted by Crippen LogP contribution is -2.27. The molecule has 104 valence electrons. The van der Waals surface area contributed by atoms with Crippen molar-refractivity contribution in [3.05, 3.63) is 44.3 Å². The molecule has 0 spiro atoms. The summed E-state index contributed by atoms with van der Waals surface area (Å²) in [6, 6.07) is 7.70. The van der Waals surface area contributed by atoms with Crippen molar-refractivity contribution in [1.82, 2.24) is 4.98 Å². The van der Waals surface area contributed by atoms with Crippen LogP contribution in [0.4, 0.5) is 5.69 Å². The number of aromatic nitrogens is 1. The maximum Gasteiger partial charge on any atom is 0.227 e. The molecule has 5 heteroatoms. The fraction of sp³-hybridized carbons (Fsp3) is 0.333. The van der Waals surface area contributed by atoms with Crippen LogP contribution in [0.15, 0.2) is 28.7 Å². The highest BCUT2D eigenvalue weighted by atomic mass is 79.9. The highest BCUT2D eigenvalue weighted by Gasteiger charge is 2.27. The smallest absolute Gasteiger partial charge is 0.227 e. The van der Waals surface area contributed by atoms with Crippen molar-refractivity contribution in [2.45, 2.75) is 26.2 Å². The lowest BCUT2D eigenvalue weighted by molar-refractivity contribution is -0.120.